The van der Waals surface area contributed by atoms with Crippen molar-refractivity contribution >= 4 is 5.91 Å². The second-order valence-corrected chi connectivity index (χ2v) is 7.18. The quantitative estimate of drug-likeness (QED) is 0.415. The summed E-state index contributed by atoms with van der Waals surface area (Å²) in [5.74, 6) is 1.27. The number of rotatable bonds is 12. The molecule has 0 atom stereocenters. The third-order valence-electron chi connectivity index (χ3n) is 4.67. The van der Waals surface area contributed by atoms with Crippen LogP contribution in [0.2, 0.25) is 0 Å². The third-order valence-corrected chi connectivity index (χ3v) is 4.67. The minimum atomic E-state index is -0.268. The number of aromatic nitrogens is 1. The molecule has 0 radical (unpaired) electrons. The molecule has 0 bridgehead atoms. The molecule has 3 rings (SSSR count). The van der Waals surface area contributed by atoms with E-state index < -0.39 is 0 Å². The van der Waals surface area contributed by atoms with Crippen LogP contribution in [0.1, 0.15) is 36.8 Å². The van der Waals surface area contributed by atoms with Gasteiger partial charge in [-0.3, -0.25) is 9.78 Å². The van der Waals surface area contributed by atoms with Crippen molar-refractivity contribution in [1.29, 1.82) is 0 Å². The van der Waals surface area contributed by atoms with Crippen LogP contribution in [-0.2, 0) is 17.9 Å². The van der Waals surface area contributed by atoms with Crippen molar-refractivity contribution in [2.75, 3.05) is 6.61 Å². The van der Waals surface area contributed by atoms with Gasteiger partial charge in [0.15, 0.2) is 0 Å². The van der Waals surface area contributed by atoms with Crippen LogP contribution >= 0.6 is 0 Å². The van der Waals surface area contributed by atoms with Crippen LogP contribution in [0.5, 0.6) is 11.5 Å². The number of benzene rings is 2. The summed E-state index contributed by atoms with van der Waals surface area (Å²) in [4.78, 5) is 15.8. The van der Waals surface area contributed by atoms with Gasteiger partial charge in [-0.15, -0.1) is 0 Å². The topological polar surface area (TPSA) is 60.5 Å². The van der Waals surface area contributed by atoms with Crippen molar-refractivity contribution in [3.05, 3.63) is 90.0 Å². The number of unbranched alkanes of at least 4 members (excludes halogenated alkanes) is 2. The van der Waals surface area contributed by atoms with Crippen molar-refractivity contribution in [2.45, 2.75) is 38.8 Å². The maximum Gasteiger partial charge on any atom is 0.220 e. The summed E-state index contributed by atoms with van der Waals surface area (Å²) in [5.41, 5.74) is 1.83. The lowest BCUT2D eigenvalue weighted by atomic mass is 10.2. The summed E-state index contributed by atoms with van der Waals surface area (Å²) < 4.78 is 24.6. The maximum absolute atomic E-state index is 13.2. The molecule has 0 spiro atoms. The Balaban J connectivity index is 1.25. The van der Waals surface area contributed by atoms with Gasteiger partial charge in [-0.2, -0.15) is 0 Å². The predicted octanol–water partition coefficient (Wildman–Crippen LogP) is 5.06. The molecule has 6 heteroatoms. The Morgan fingerprint density at radius 2 is 1.61 bits per heavy atom. The van der Waals surface area contributed by atoms with Gasteiger partial charge >= 0.3 is 0 Å². The Hall–Kier alpha value is -3.41. The van der Waals surface area contributed by atoms with E-state index in [1.165, 1.54) is 12.1 Å². The van der Waals surface area contributed by atoms with Crippen LogP contribution in [0, 0.1) is 5.82 Å². The molecule has 3 aromatic rings. The zero-order valence-corrected chi connectivity index (χ0v) is 17.4. The van der Waals surface area contributed by atoms with Crippen LogP contribution < -0.4 is 14.8 Å². The van der Waals surface area contributed by atoms with Gasteiger partial charge < -0.3 is 14.8 Å². The molecule has 162 valence electrons. The highest BCUT2D eigenvalue weighted by Gasteiger charge is 2.02. The van der Waals surface area contributed by atoms with Gasteiger partial charge in [-0.1, -0.05) is 12.1 Å². The normalized spacial score (nSPS) is 10.5. The summed E-state index contributed by atoms with van der Waals surface area (Å²) in [6.45, 7) is 1.45. The Kier molecular flexibility index (Phi) is 8.86. The number of carbonyl (C=O) groups is 1. The fraction of sp³-hybridized carbons (Fsp3) is 0.280. The molecule has 1 aromatic heterocycles. The first-order chi connectivity index (χ1) is 15.2. The Morgan fingerprint density at radius 1 is 0.871 bits per heavy atom. The average molecular weight is 423 g/mol. The summed E-state index contributed by atoms with van der Waals surface area (Å²) in [5, 5.41) is 2.92. The van der Waals surface area contributed by atoms with E-state index in [0.29, 0.717) is 31.9 Å². The van der Waals surface area contributed by atoms with Gasteiger partial charge in [0.2, 0.25) is 5.91 Å². The van der Waals surface area contributed by atoms with Crippen molar-refractivity contribution < 1.29 is 18.7 Å². The van der Waals surface area contributed by atoms with Gasteiger partial charge in [0.25, 0.3) is 0 Å². The number of hydrogen-bond acceptors (Lipinski definition) is 4. The van der Waals surface area contributed by atoms with E-state index in [4.69, 9.17) is 9.47 Å². The van der Waals surface area contributed by atoms with Gasteiger partial charge in [0.05, 0.1) is 6.61 Å². The summed E-state index contributed by atoms with van der Waals surface area (Å²) in [6.07, 6.45) is 6.60. The van der Waals surface area contributed by atoms with E-state index in [-0.39, 0.29) is 11.7 Å². The molecule has 2 aromatic carbocycles. The number of amides is 1. The molecule has 0 aliphatic carbocycles. The minimum Gasteiger partial charge on any atom is -0.494 e. The van der Waals surface area contributed by atoms with Crippen molar-refractivity contribution in [3.8, 4) is 11.5 Å². The molecule has 1 N–H and O–H groups in total. The lowest BCUT2D eigenvalue weighted by Crippen LogP contribution is -2.22. The maximum atomic E-state index is 13.2. The van der Waals surface area contributed by atoms with E-state index in [2.05, 4.69) is 10.3 Å². The van der Waals surface area contributed by atoms with Crippen LogP contribution in [0.15, 0.2) is 73.1 Å². The molecule has 0 saturated heterocycles. The molecule has 1 amide bonds. The SMILES string of the molecule is O=C(CCCCCOc1ccc(OCc2cccc(F)c2)cc1)NCc1ccncc1. The molecule has 5 nitrogen and oxygen atoms in total. The largest absolute Gasteiger partial charge is 0.494 e. The summed E-state index contributed by atoms with van der Waals surface area (Å²) in [6, 6.07) is 17.5. The van der Waals surface area contributed by atoms with Crippen molar-refractivity contribution in [3.63, 3.8) is 0 Å². The van der Waals surface area contributed by atoms with Gasteiger partial charge in [-0.05, 0) is 78.9 Å². The van der Waals surface area contributed by atoms with Crippen LogP contribution in [0.3, 0.4) is 0 Å². The molecular formula is C25H27FN2O3. The second kappa shape index (κ2) is 12.3. The number of pyridine rings is 1. The molecule has 0 aliphatic heterocycles. The van der Waals surface area contributed by atoms with Gasteiger partial charge in [0.1, 0.15) is 23.9 Å². The molecule has 0 fully saturated rings. The van der Waals surface area contributed by atoms with Gasteiger partial charge in [0, 0.05) is 25.4 Å². The number of nitrogens with one attached hydrogen (secondary N) is 1. The third kappa shape index (κ3) is 8.46. The van der Waals surface area contributed by atoms with E-state index in [0.717, 1.165) is 36.1 Å². The highest BCUT2D eigenvalue weighted by molar-refractivity contribution is 5.75. The number of ether oxygens (including phenoxy) is 2. The van der Waals surface area contributed by atoms with E-state index in [9.17, 15) is 9.18 Å². The first-order valence-corrected chi connectivity index (χ1v) is 10.4. The number of carbonyl (C=O) groups excluding carboxylic acids is 1. The molecule has 1 heterocycles. The van der Waals surface area contributed by atoms with Crippen molar-refractivity contribution in [2.24, 2.45) is 0 Å². The molecule has 0 saturated carbocycles. The number of nitrogens with zero attached hydrogens (tertiary/aromatic N) is 1. The second-order valence-electron chi connectivity index (χ2n) is 7.18. The Morgan fingerprint density at radius 3 is 2.35 bits per heavy atom. The summed E-state index contributed by atoms with van der Waals surface area (Å²) in [7, 11) is 0. The highest BCUT2D eigenvalue weighted by Crippen LogP contribution is 2.19. The van der Waals surface area contributed by atoms with E-state index in [1.807, 2.05) is 42.5 Å². The van der Waals surface area contributed by atoms with Crippen LogP contribution in [0.25, 0.3) is 0 Å². The summed E-state index contributed by atoms with van der Waals surface area (Å²) >= 11 is 0. The average Bonchev–Trinajstić information content (AvgIpc) is 2.80. The number of hydrogen-bond donors (Lipinski definition) is 1. The first kappa shape index (κ1) is 22.3. The fourth-order valence-electron chi connectivity index (χ4n) is 2.97. The number of halogens is 1. The standard InChI is InChI=1S/C25H27FN2O3/c26-22-6-4-5-21(17-22)19-31-24-10-8-23(9-11-24)30-16-3-1-2-7-25(29)28-18-20-12-14-27-15-13-20/h4-6,8-15,17H,1-3,7,16,18-19H2,(H,28,29). The smallest absolute Gasteiger partial charge is 0.220 e. The van der Waals surface area contributed by atoms with E-state index >= 15 is 0 Å². The Labute approximate surface area is 182 Å². The van der Waals surface area contributed by atoms with Gasteiger partial charge in [-0.25, -0.2) is 4.39 Å². The molecular weight excluding hydrogens is 395 g/mol. The van der Waals surface area contributed by atoms with Crippen LogP contribution in [-0.4, -0.2) is 17.5 Å². The van der Waals surface area contributed by atoms with Crippen LogP contribution in [0.4, 0.5) is 4.39 Å². The van der Waals surface area contributed by atoms with E-state index in [1.54, 1.807) is 18.5 Å². The predicted molar refractivity (Wildman–Crippen MR) is 117 cm³/mol. The molecule has 31 heavy (non-hydrogen) atoms. The monoisotopic (exact) mass is 422 g/mol. The fourth-order valence-corrected chi connectivity index (χ4v) is 2.97. The zero-order valence-electron chi connectivity index (χ0n) is 17.4. The minimum absolute atomic E-state index is 0.0616. The highest BCUT2D eigenvalue weighted by atomic mass is 19.1. The van der Waals surface area contributed by atoms with Crippen molar-refractivity contribution in [1.82, 2.24) is 10.3 Å². The lowest BCUT2D eigenvalue weighted by molar-refractivity contribution is -0.121. The lowest BCUT2D eigenvalue weighted by Gasteiger charge is -2.09. The Bertz CT molecular complexity index is 933. The first-order valence-electron chi connectivity index (χ1n) is 10.4. The molecule has 0 unspecified atom stereocenters. The molecule has 0 aliphatic rings. The zero-order chi connectivity index (χ0) is 21.7.